The summed E-state index contributed by atoms with van der Waals surface area (Å²) in [6.45, 7) is 6.32. The highest BCUT2D eigenvalue weighted by atomic mass is 16.2. The first-order valence-corrected chi connectivity index (χ1v) is 6.49. The maximum Gasteiger partial charge on any atom is 0.237 e. The number of fused-ring (bicyclic) bond motifs is 1. The van der Waals surface area contributed by atoms with Gasteiger partial charge >= 0.3 is 0 Å². The van der Waals surface area contributed by atoms with Crippen LogP contribution in [0.2, 0.25) is 0 Å². The van der Waals surface area contributed by atoms with Crippen LogP contribution in [0.4, 0.5) is 5.69 Å². The topological polar surface area (TPSA) is 37.4 Å². The van der Waals surface area contributed by atoms with Crippen LogP contribution in [-0.4, -0.2) is 11.8 Å². The maximum absolute atomic E-state index is 12.0. The van der Waals surface area contributed by atoms with E-state index >= 15 is 0 Å². The van der Waals surface area contributed by atoms with E-state index < -0.39 is 0 Å². The molecule has 0 N–H and O–H groups in total. The Hall–Kier alpha value is -1.64. The van der Waals surface area contributed by atoms with E-state index in [1.54, 1.807) is 0 Å². The summed E-state index contributed by atoms with van der Waals surface area (Å²) >= 11 is 0. The monoisotopic (exact) mass is 243 g/mol. The molecule has 0 bridgehead atoms. The molecule has 1 aromatic carbocycles. The summed E-state index contributed by atoms with van der Waals surface area (Å²) in [4.78, 5) is 25.4. The second-order valence-corrected chi connectivity index (χ2v) is 5.66. The summed E-state index contributed by atoms with van der Waals surface area (Å²) < 4.78 is 0. The van der Waals surface area contributed by atoms with Crippen LogP contribution in [0.3, 0.4) is 0 Å². The van der Waals surface area contributed by atoms with Gasteiger partial charge < -0.3 is 0 Å². The highest BCUT2D eigenvalue weighted by Crippen LogP contribution is 2.48. The molecule has 0 spiro atoms. The average Bonchev–Trinajstić information content (AvgIpc) is 3.03. The van der Waals surface area contributed by atoms with Crippen molar-refractivity contribution in [2.45, 2.75) is 33.1 Å². The molecule has 1 aliphatic carbocycles. The quantitative estimate of drug-likeness (QED) is 0.749. The van der Waals surface area contributed by atoms with E-state index in [0.717, 1.165) is 17.7 Å². The minimum atomic E-state index is -0.0254. The van der Waals surface area contributed by atoms with Gasteiger partial charge in [-0.25, -0.2) is 0 Å². The van der Waals surface area contributed by atoms with E-state index in [9.17, 15) is 9.59 Å². The van der Waals surface area contributed by atoms with Crippen molar-refractivity contribution in [3.05, 3.63) is 29.3 Å². The van der Waals surface area contributed by atoms with Gasteiger partial charge in [-0.1, -0.05) is 19.9 Å². The molecule has 1 saturated carbocycles. The number of rotatable bonds is 2. The molecule has 1 aliphatic heterocycles. The highest BCUT2D eigenvalue weighted by molar-refractivity contribution is 6.24. The number of amides is 2. The van der Waals surface area contributed by atoms with Crippen molar-refractivity contribution in [1.29, 1.82) is 0 Å². The van der Waals surface area contributed by atoms with Crippen LogP contribution in [0.15, 0.2) is 18.2 Å². The zero-order chi connectivity index (χ0) is 13.0. The van der Waals surface area contributed by atoms with Gasteiger partial charge in [0.15, 0.2) is 0 Å². The number of hydrogen-bond acceptors (Lipinski definition) is 2. The number of anilines is 1. The van der Waals surface area contributed by atoms with E-state index in [0.29, 0.717) is 5.92 Å². The Morgan fingerprint density at radius 1 is 1.17 bits per heavy atom. The summed E-state index contributed by atoms with van der Waals surface area (Å²) in [5, 5.41) is 0. The first-order valence-electron chi connectivity index (χ1n) is 6.49. The zero-order valence-electron chi connectivity index (χ0n) is 10.9. The molecule has 2 fully saturated rings. The molecule has 1 heterocycles. The van der Waals surface area contributed by atoms with Crippen molar-refractivity contribution < 1.29 is 9.59 Å². The molecule has 0 unspecified atom stereocenters. The van der Waals surface area contributed by atoms with Crippen LogP contribution in [0.5, 0.6) is 0 Å². The molecular formula is C15H17NO2. The van der Waals surface area contributed by atoms with Gasteiger partial charge in [0, 0.05) is 0 Å². The molecule has 3 nitrogen and oxygen atoms in total. The molecular weight excluding hydrogens is 226 g/mol. The summed E-state index contributed by atoms with van der Waals surface area (Å²) in [6.07, 6.45) is 0.761. The fourth-order valence-corrected chi connectivity index (χ4v) is 2.88. The van der Waals surface area contributed by atoms with Crippen molar-refractivity contribution in [2.24, 2.45) is 11.8 Å². The van der Waals surface area contributed by atoms with Crippen molar-refractivity contribution in [3.63, 3.8) is 0 Å². The lowest BCUT2D eigenvalue weighted by molar-refractivity contribution is -0.123. The summed E-state index contributed by atoms with van der Waals surface area (Å²) in [5.41, 5.74) is 3.14. The Bertz CT molecular complexity index is 527. The summed E-state index contributed by atoms with van der Waals surface area (Å²) in [6, 6.07) is 5.87. The molecule has 2 atom stereocenters. The fourth-order valence-electron chi connectivity index (χ4n) is 2.88. The van der Waals surface area contributed by atoms with Crippen LogP contribution in [0.25, 0.3) is 0 Å². The van der Waals surface area contributed by atoms with Crippen LogP contribution in [-0.2, 0) is 9.59 Å². The summed E-state index contributed by atoms with van der Waals surface area (Å²) in [7, 11) is 0. The van der Waals surface area contributed by atoms with E-state index in [4.69, 9.17) is 0 Å². The molecule has 3 heteroatoms. The lowest BCUT2D eigenvalue weighted by atomic mass is 9.97. The predicted octanol–water partition coefficient (Wildman–Crippen LogP) is 2.63. The third-order valence-corrected chi connectivity index (χ3v) is 4.00. The van der Waals surface area contributed by atoms with Gasteiger partial charge in [-0.05, 0) is 42.5 Å². The standard InChI is InChI=1S/C15H17NO2/c1-8(2)11-5-4-10(6-9(11)3)16-14(17)12-7-13(12)15(16)18/h4-6,8,12-13H,7H2,1-3H3/t12-,13-/m0/s1. The number of aryl methyl sites for hydroxylation is 1. The fraction of sp³-hybridized carbons (Fsp3) is 0.467. The van der Waals surface area contributed by atoms with E-state index in [1.807, 2.05) is 25.1 Å². The number of nitrogens with zero attached hydrogens (tertiary/aromatic N) is 1. The predicted molar refractivity (Wildman–Crippen MR) is 69.4 cm³/mol. The van der Waals surface area contributed by atoms with Gasteiger partial charge in [-0.15, -0.1) is 0 Å². The molecule has 2 aliphatic rings. The normalized spacial score (nSPS) is 25.9. The van der Waals surface area contributed by atoms with Crippen molar-refractivity contribution in [1.82, 2.24) is 0 Å². The Labute approximate surface area is 107 Å². The van der Waals surface area contributed by atoms with Crippen LogP contribution < -0.4 is 4.90 Å². The van der Waals surface area contributed by atoms with Gasteiger partial charge in [0.1, 0.15) is 0 Å². The molecule has 1 aromatic rings. The van der Waals surface area contributed by atoms with Crippen molar-refractivity contribution in [3.8, 4) is 0 Å². The van der Waals surface area contributed by atoms with Gasteiger partial charge in [0.25, 0.3) is 0 Å². The minimum absolute atomic E-state index is 0.0123. The molecule has 18 heavy (non-hydrogen) atoms. The number of hydrogen-bond donors (Lipinski definition) is 0. The molecule has 94 valence electrons. The zero-order valence-corrected chi connectivity index (χ0v) is 10.9. The van der Waals surface area contributed by atoms with Gasteiger partial charge in [0.05, 0.1) is 17.5 Å². The first kappa shape index (κ1) is 11.5. The third-order valence-electron chi connectivity index (χ3n) is 4.00. The van der Waals surface area contributed by atoms with Crippen molar-refractivity contribution >= 4 is 17.5 Å². The Morgan fingerprint density at radius 3 is 2.28 bits per heavy atom. The van der Waals surface area contributed by atoms with Crippen molar-refractivity contribution in [2.75, 3.05) is 4.90 Å². The van der Waals surface area contributed by atoms with Gasteiger partial charge in [-0.3, -0.25) is 14.5 Å². The first-order chi connectivity index (χ1) is 8.50. The van der Waals surface area contributed by atoms with E-state index in [-0.39, 0.29) is 23.7 Å². The smallest absolute Gasteiger partial charge is 0.237 e. The Balaban J connectivity index is 1.96. The minimum Gasteiger partial charge on any atom is -0.274 e. The van der Waals surface area contributed by atoms with Crippen LogP contribution >= 0.6 is 0 Å². The Morgan fingerprint density at radius 2 is 1.78 bits per heavy atom. The number of carbonyl (C=O) groups excluding carboxylic acids is 2. The van der Waals surface area contributed by atoms with E-state index in [1.165, 1.54) is 10.5 Å². The number of carbonyl (C=O) groups is 2. The number of benzene rings is 1. The van der Waals surface area contributed by atoms with Crippen LogP contribution in [0.1, 0.15) is 37.3 Å². The SMILES string of the molecule is Cc1cc(N2C(=O)[C@H]3C[C@@H]3C2=O)ccc1C(C)C. The lowest BCUT2D eigenvalue weighted by Crippen LogP contribution is -2.32. The molecule has 0 radical (unpaired) electrons. The molecule has 3 rings (SSSR count). The second kappa shape index (κ2) is 3.67. The number of imide groups is 1. The molecule has 1 saturated heterocycles. The largest absolute Gasteiger partial charge is 0.274 e. The number of piperidine rings is 1. The average molecular weight is 243 g/mol. The van der Waals surface area contributed by atoms with Gasteiger partial charge in [-0.2, -0.15) is 0 Å². The van der Waals surface area contributed by atoms with Gasteiger partial charge in [0.2, 0.25) is 11.8 Å². The van der Waals surface area contributed by atoms with E-state index in [2.05, 4.69) is 13.8 Å². The Kier molecular flexibility index (Phi) is 2.34. The molecule has 2 amide bonds. The third kappa shape index (κ3) is 1.50. The second-order valence-electron chi connectivity index (χ2n) is 5.66. The lowest BCUT2D eigenvalue weighted by Gasteiger charge is -2.19. The summed E-state index contributed by atoms with van der Waals surface area (Å²) in [5.74, 6) is 0.381. The highest BCUT2D eigenvalue weighted by Gasteiger charge is 2.59. The maximum atomic E-state index is 12.0. The molecule has 0 aromatic heterocycles. The van der Waals surface area contributed by atoms with Crippen LogP contribution in [0, 0.1) is 18.8 Å².